The molecule has 0 unspecified atom stereocenters. The molecule has 1 rings (SSSR count). The van der Waals surface area contributed by atoms with Crippen LogP contribution in [0, 0.1) is 0 Å². The van der Waals surface area contributed by atoms with Crippen LogP contribution in [0.2, 0.25) is 0 Å². The molecule has 1 heterocycles. The summed E-state index contributed by atoms with van der Waals surface area (Å²) in [5.41, 5.74) is 0. The molecule has 0 aromatic carbocycles. The van der Waals surface area contributed by atoms with Gasteiger partial charge in [0.15, 0.2) is 0 Å². The molecular weight excluding hydrogens is 148 g/mol. The second-order valence-electron chi connectivity index (χ2n) is 2.88. The Bertz CT molecular complexity index is 143. The number of thiol groups is 1. The van der Waals surface area contributed by atoms with Crippen LogP contribution >= 0.6 is 12.6 Å². The van der Waals surface area contributed by atoms with E-state index in [0.717, 1.165) is 26.2 Å². The van der Waals surface area contributed by atoms with Crippen molar-refractivity contribution in [1.82, 2.24) is 5.32 Å². The van der Waals surface area contributed by atoms with Crippen LogP contribution in [0.3, 0.4) is 0 Å². The summed E-state index contributed by atoms with van der Waals surface area (Å²) in [6.07, 6.45) is 0. The Morgan fingerprint density at radius 1 is 1.50 bits per heavy atom. The van der Waals surface area contributed by atoms with Crippen molar-refractivity contribution >= 4 is 17.9 Å². The Labute approximate surface area is 66.4 Å². The number of hydrogen-bond donors (Lipinski definition) is 2. The predicted octanol–water partition coefficient (Wildman–Crippen LogP) is 0.0860. The van der Waals surface area contributed by atoms with E-state index in [1.165, 1.54) is 0 Å². The van der Waals surface area contributed by atoms with Crippen LogP contribution in [0.25, 0.3) is 0 Å². The molecule has 3 nitrogen and oxygen atoms in total. The first-order chi connectivity index (χ1) is 4.65. The van der Waals surface area contributed by atoms with Crippen LogP contribution in [0.5, 0.6) is 0 Å². The smallest absolute Gasteiger partial charge is 0.306 e. The molecule has 0 aromatic rings. The van der Waals surface area contributed by atoms with Crippen LogP contribution in [0.15, 0.2) is 0 Å². The summed E-state index contributed by atoms with van der Waals surface area (Å²) in [6, 6.07) is 0. The van der Waals surface area contributed by atoms with E-state index < -0.39 is 0 Å². The van der Waals surface area contributed by atoms with Gasteiger partial charge < -0.3 is 5.32 Å². The summed E-state index contributed by atoms with van der Waals surface area (Å²) in [5.74, 6) is 0. The van der Waals surface area contributed by atoms with E-state index >= 15 is 0 Å². The second-order valence-corrected chi connectivity index (χ2v) is 3.26. The fourth-order valence-electron chi connectivity index (χ4n) is 1.08. The number of nitrogens with zero attached hydrogens (tertiary/aromatic N) is 1. The molecule has 1 saturated heterocycles. The zero-order valence-corrected chi connectivity index (χ0v) is 7.03. The molecule has 1 aliphatic rings. The molecule has 0 atom stereocenters. The van der Waals surface area contributed by atoms with Crippen molar-refractivity contribution in [2.45, 2.75) is 0 Å². The number of nitrogens with one attached hydrogen (secondary N) is 1. The first kappa shape index (κ1) is 8.04. The highest BCUT2D eigenvalue weighted by Gasteiger charge is 2.30. The molecule has 0 radical (unpaired) electrons. The molecule has 1 amide bonds. The lowest BCUT2D eigenvalue weighted by Crippen LogP contribution is -2.57. The highest BCUT2D eigenvalue weighted by Crippen LogP contribution is 2.08. The fraction of sp³-hybridized carbons (Fsp3) is 0.833. The van der Waals surface area contributed by atoms with Gasteiger partial charge in [0.05, 0.1) is 20.1 Å². The Kier molecular flexibility index (Phi) is 2.33. The van der Waals surface area contributed by atoms with Gasteiger partial charge in [0.2, 0.25) is 0 Å². The molecule has 4 heteroatoms. The lowest BCUT2D eigenvalue weighted by atomic mass is 10.3. The molecule has 10 heavy (non-hydrogen) atoms. The number of carbonyl (C=O) groups is 1. The first-order valence-electron chi connectivity index (χ1n) is 3.44. The summed E-state index contributed by atoms with van der Waals surface area (Å²) < 4.78 is 0.468. The third-order valence-corrected chi connectivity index (χ3v) is 2.51. The molecule has 0 bridgehead atoms. The van der Waals surface area contributed by atoms with Crippen LogP contribution in [0.1, 0.15) is 0 Å². The number of rotatable bonds is 0. The number of amides is 1. The SMILES string of the molecule is C[N+]1(C(=O)S)CCNCC1. The van der Waals surface area contributed by atoms with Crippen LogP contribution in [-0.2, 0) is 0 Å². The van der Waals surface area contributed by atoms with E-state index in [9.17, 15) is 4.79 Å². The zero-order chi connectivity index (χ0) is 7.61. The largest absolute Gasteiger partial charge is 0.371 e. The van der Waals surface area contributed by atoms with Crippen molar-refractivity contribution in [1.29, 1.82) is 0 Å². The number of piperazine rings is 1. The Hall–Kier alpha value is -0.0600. The second kappa shape index (κ2) is 2.90. The minimum Gasteiger partial charge on any atom is -0.306 e. The molecule has 1 fully saturated rings. The minimum atomic E-state index is -0.0264. The summed E-state index contributed by atoms with van der Waals surface area (Å²) in [5, 5.41) is 3.17. The topological polar surface area (TPSA) is 29.1 Å². The average molecular weight is 161 g/mol. The van der Waals surface area contributed by atoms with E-state index in [1.807, 2.05) is 7.05 Å². The minimum absolute atomic E-state index is 0.0264. The molecule has 0 spiro atoms. The average Bonchev–Trinajstić information content (AvgIpc) is 1.89. The van der Waals surface area contributed by atoms with E-state index in [-0.39, 0.29) is 5.24 Å². The molecule has 1 aliphatic heterocycles. The van der Waals surface area contributed by atoms with Crippen molar-refractivity contribution in [3.63, 3.8) is 0 Å². The Morgan fingerprint density at radius 2 is 2.00 bits per heavy atom. The Balaban J connectivity index is 2.56. The van der Waals surface area contributed by atoms with Gasteiger partial charge in [-0.2, -0.15) is 0 Å². The molecule has 58 valence electrons. The van der Waals surface area contributed by atoms with Gasteiger partial charge in [0, 0.05) is 13.1 Å². The van der Waals surface area contributed by atoms with E-state index in [2.05, 4.69) is 17.9 Å². The van der Waals surface area contributed by atoms with Gasteiger partial charge in [-0.15, -0.1) is 0 Å². The maximum atomic E-state index is 10.9. The number of carbonyl (C=O) groups excluding carboxylic acids is 1. The molecule has 1 N–H and O–H groups in total. The van der Waals surface area contributed by atoms with Crippen molar-refractivity contribution in [3.8, 4) is 0 Å². The monoisotopic (exact) mass is 161 g/mol. The summed E-state index contributed by atoms with van der Waals surface area (Å²) in [4.78, 5) is 10.9. The van der Waals surface area contributed by atoms with Gasteiger partial charge >= 0.3 is 5.24 Å². The lowest BCUT2D eigenvalue weighted by molar-refractivity contribution is -0.825. The normalized spacial score (nSPS) is 24.2. The van der Waals surface area contributed by atoms with Gasteiger partial charge in [-0.25, -0.2) is 4.79 Å². The van der Waals surface area contributed by atoms with Crippen LogP contribution in [0.4, 0.5) is 4.79 Å². The third kappa shape index (κ3) is 1.51. The van der Waals surface area contributed by atoms with Gasteiger partial charge in [0.1, 0.15) is 0 Å². The standard InChI is InChI=1S/C6H12N2OS/c1-8(6(9)10)4-2-7-3-5-8/h7H,2-5H2,1H3/p+1. The van der Waals surface area contributed by atoms with Gasteiger partial charge in [-0.1, -0.05) is 0 Å². The predicted molar refractivity (Wildman–Crippen MR) is 43.2 cm³/mol. The highest BCUT2D eigenvalue weighted by molar-refractivity contribution is 7.96. The maximum absolute atomic E-state index is 10.9. The van der Waals surface area contributed by atoms with Crippen molar-refractivity contribution in [2.75, 3.05) is 33.2 Å². The van der Waals surface area contributed by atoms with E-state index in [1.54, 1.807) is 0 Å². The Morgan fingerprint density at radius 3 is 2.30 bits per heavy atom. The molecule has 0 aliphatic carbocycles. The van der Waals surface area contributed by atoms with Gasteiger partial charge in [0.25, 0.3) is 0 Å². The summed E-state index contributed by atoms with van der Waals surface area (Å²) >= 11 is 3.83. The number of hydrogen-bond acceptors (Lipinski definition) is 2. The zero-order valence-electron chi connectivity index (χ0n) is 6.13. The molecule has 0 aromatic heterocycles. The number of quaternary nitrogens is 1. The number of likely N-dealkylation sites (N-methyl/N-ethyl adjacent to an activating group) is 1. The van der Waals surface area contributed by atoms with Crippen LogP contribution in [-0.4, -0.2) is 42.9 Å². The van der Waals surface area contributed by atoms with E-state index in [0.29, 0.717) is 4.48 Å². The third-order valence-electron chi connectivity index (χ3n) is 2.03. The van der Waals surface area contributed by atoms with Gasteiger partial charge in [-0.3, -0.25) is 4.48 Å². The fourth-order valence-corrected chi connectivity index (χ4v) is 1.28. The summed E-state index contributed by atoms with van der Waals surface area (Å²) in [6.45, 7) is 3.57. The van der Waals surface area contributed by atoms with Crippen molar-refractivity contribution in [2.24, 2.45) is 0 Å². The molecule has 0 saturated carbocycles. The molecular formula is C6H13N2OS+. The van der Waals surface area contributed by atoms with Gasteiger partial charge in [-0.05, 0) is 12.6 Å². The van der Waals surface area contributed by atoms with Crippen molar-refractivity contribution in [3.05, 3.63) is 0 Å². The summed E-state index contributed by atoms with van der Waals surface area (Å²) in [7, 11) is 1.93. The van der Waals surface area contributed by atoms with E-state index in [4.69, 9.17) is 0 Å². The van der Waals surface area contributed by atoms with Crippen LogP contribution < -0.4 is 5.32 Å². The lowest BCUT2D eigenvalue weighted by Gasteiger charge is -2.33. The quantitative estimate of drug-likeness (QED) is 0.389. The van der Waals surface area contributed by atoms with Crippen molar-refractivity contribution < 1.29 is 9.28 Å². The first-order valence-corrected chi connectivity index (χ1v) is 3.89. The maximum Gasteiger partial charge on any atom is 0.371 e. The highest BCUT2D eigenvalue weighted by atomic mass is 32.1.